The third-order valence-corrected chi connectivity index (χ3v) is 3.42. The van der Waals surface area contributed by atoms with Gasteiger partial charge in [0.25, 0.3) is 0 Å². The Labute approximate surface area is 124 Å². The van der Waals surface area contributed by atoms with E-state index >= 15 is 0 Å². The van der Waals surface area contributed by atoms with Gasteiger partial charge in [0.15, 0.2) is 0 Å². The number of carbonyl (C=O) groups is 1. The Morgan fingerprint density at radius 1 is 1.38 bits per heavy atom. The molecule has 1 aromatic heterocycles. The number of rotatable bonds is 6. The molecule has 5 nitrogen and oxygen atoms in total. The quantitative estimate of drug-likeness (QED) is 0.844. The zero-order chi connectivity index (χ0) is 15.2. The van der Waals surface area contributed by atoms with Crippen molar-refractivity contribution in [1.82, 2.24) is 10.3 Å². The van der Waals surface area contributed by atoms with Crippen LogP contribution in [0.4, 0.5) is 0 Å². The lowest BCUT2D eigenvalue weighted by Crippen LogP contribution is -2.36. The maximum absolute atomic E-state index is 11.9. The van der Waals surface area contributed by atoms with E-state index in [1.807, 2.05) is 37.3 Å². The normalized spacial score (nSPS) is 12.1. The number of hydrogen-bond acceptors (Lipinski definition) is 4. The number of amides is 1. The van der Waals surface area contributed by atoms with Gasteiger partial charge in [0.2, 0.25) is 5.91 Å². The van der Waals surface area contributed by atoms with E-state index in [0.717, 1.165) is 22.3 Å². The molecule has 2 rings (SSSR count). The summed E-state index contributed by atoms with van der Waals surface area (Å²) in [5, 5.41) is 3.82. The van der Waals surface area contributed by atoms with Gasteiger partial charge in [0.1, 0.15) is 11.3 Å². The molecule has 0 aliphatic heterocycles. The summed E-state index contributed by atoms with van der Waals surface area (Å²) in [5.74, 6) is 0.447. The summed E-state index contributed by atoms with van der Waals surface area (Å²) in [6.07, 6.45) is 0.524. The second kappa shape index (κ2) is 7.04. The van der Waals surface area contributed by atoms with Crippen molar-refractivity contribution < 1.29 is 9.53 Å². The van der Waals surface area contributed by atoms with E-state index in [9.17, 15) is 4.79 Å². The molecule has 1 heterocycles. The molecule has 3 N–H and O–H groups in total. The number of methoxy groups -OCH3 is 1. The van der Waals surface area contributed by atoms with E-state index in [0.29, 0.717) is 19.5 Å². The molecule has 112 valence electrons. The van der Waals surface area contributed by atoms with Crippen LogP contribution in [0.3, 0.4) is 0 Å². The molecule has 1 aromatic carbocycles. The Bertz CT molecular complexity index is 628. The van der Waals surface area contributed by atoms with Crippen LogP contribution in [0.25, 0.3) is 10.9 Å². The monoisotopic (exact) mass is 287 g/mol. The van der Waals surface area contributed by atoms with Crippen LogP contribution in [0.5, 0.6) is 5.75 Å². The van der Waals surface area contributed by atoms with Crippen molar-refractivity contribution >= 4 is 16.8 Å². The van der Waals surface area contributed by atoms with E-state index in [1.165, 1.54) is 0 Å². The number of nitrogens with one attached hydrogen (secondary N) is 1. The number of nitrogens with zero attached hydrogens (tertiary/aromatic N) is 1. The summed E-state index contributed by atoms with van der Waals surface area (Å²) in [6.45, 7) is 2.80. The number of hydrogen-bond donors (Lipinski definition) is 2. The smallest absolute Gasteiger partial charge is 0.224 e. The molecule has 0 aliphatic carbocycles. The molecule has 0 bridgehead atoms. The minimum Gasteiger partial charge on any atom is -0.494 e. The summed E-state index contributed by atoms with van der Waals surface area (Å²) < 4.78 is 5.33. The fourth-order valence-corrected chi connectivity index (χ4v) is 2.29. The van der Waals surface area contributed by atoms with E-state index in [2.05, 4.69) is 10.3 Å². The van der Waals surface area contributed by atoms with E-state index in [4.69, 9.17) is 10.5 Å². The number of fused-ring (bicyclic) bond motifs is 1. The molecule has 1 unspecified atom stereocenters. The van der Waals surface area contributed by atoms with Gasteiger partial charge < -0.3 is 15.8 Å². The van der Waals surface area contributed by atoms with Gasteiger partial charge in [-0.05, 0) is 19.1 Å². The lowest BCUT2D eigenvalue weighted by atomic mass is 10.0. The van der Waals surface area contributed by atoms with Gasteiger partial charge in [-0.1, -0.05) is 18.2 Å². The van der Waals surface area contributed by atoms with Gasteiger partial charge in [-0.25, -0.2) is 4.98 Å². The van der Waals surface area contributed by atoms with Crippen LogP contribution in [0.1, 0.15) is 12.6 Å². The maximum Gasteiger partial charge on any atom is 0.224 e. The Kier molecular flexibility index (Phi) is 5.11. The van der Waals surface area contributed by atoms with Crippen LogP contribution >= 0.6 is 0 Å². The Morgan fingerprint density at radius 3 is 2.86 bits per heavy atom. The van der Waals surface area contributed by atoms with Gasteiger partial charge >= 0.3 is 0 Å². The van der Waals surface area contributed by atoms with Crippen molar-refractivity contribution in [2.45, 2.75) is 13.3 Å². The van der Waals surface area contributed by atoms with Crippen LogP contribution < -0.4 is 15.8 Å². The molecule has 2 aromatic rings. The topological polar surface area (TPSA) is 77.2 Å². The van der Waals surface area contributed by atoms with Crippen molar-refractivity contribution in [3.05, 3.63) is 36.0 Å². The lowest BCUT2D eigenvalue weighted by molar-refractivity contribution is -0.124. The van der Waals surface area contributed by atoms with Crippen LogP contribution in [-0.2, 0) is 11.2 Å². The highest BCUT2D eigenvalue weighted by atomic mass is 16.5. The molecule has 5 heteroatoms. The third kappa shape index (κ3) is 3.49. The molecule has 1 amide bonds. The molecule has 0 radical (unpaired) electrons. The highest BCUT2D eigenvalue weighted by Gasteiger charge is 2.17. The molecule has 0 spiro atoms. The van der Waals surface area contributed by atoms with Crippen molar-refractivity contribution in [2.75, 3.05) is 20.2 Å². The van der Waals surface area contributed by atoms with E-state index < -0.39 is 0 Å². The fourth-order valence-electron chi connectivity index (χ4n) is 2.29. The van der Waals surface area contributed by atoms with Crippen molar-refractivity contribution in [3.8, 4) is 5.75 Å². The Morgan fingerprint density at radius 2 is 2.19 bits per heavy atom. The van der Waals surface area contributed by atoms with Crippen molar-refractivity contribution in [3.63, 3.8) is 0 Å². The van der Waals surface area contributed by atoms with Crippen LogP contribution in [0, 0.1) is 5.92 Å². The average Bonchev–Trinajstić information content (AvgIpc) is 2.52. The van der Waals surface area contributed by atoms with E-state index in [-0.39, 0.29) is 11.8 Å². The van der Waals surface area contributed by atoms with Crippen LogP contribution in [0.15, 0.2) is 30.3 Å². The second-order valence-corrected chi connectivity index (χ2v) is 4.87. The largest absolute Gasteiger partial charge is 0.494 e. The van der Waals surface area contributed by atoms with Gasteiger partial charge in [-0.2, -0.15) is 0 Å². The molecule has 1 atom stereocenters. The first-order valence-electron chi connectivity index (χ1n) is 7.10. The Balaban J connectivity index is 2.27. The first-order chi connectivity index (χ1) is 10.2. The minimum absolute atomic E-state index is 0.0260. The van der Waals surface area contributed by atoms with Gasteiger partial charge in [-0.3, -0.25) is 4.79 Å². The summed E-state index contributed by atoms with van der Waals surface area (Å²) in [5.41, 5.74) is 7.36. The maximum atomic E-state index is 11.9. The molecule has 0 saturated carbocycles. The van der Waals surface area contributed by atoms with Crippen LogP contribution in [0.2, 0.25) is 0 Å². The number of aromatic nitrogens is 1. The van der Waals surface area contributed by atoms with Crippen molar-refractivity contribution in [2.24, 2.45) is 11.7 Å². The predicted molar refractivity (Wildman–Crippen MR) is 83.2 cm³/mol. The number of para-hydroxylation sites is 1. The Hall–Kier alpha value is -2.14. The lowest BCUT2D eigenvalue weighted by Gasteiger charge is -2.14. The zero-order valence-corrected chi connectivity index (χ0v) is 12.4. The first kappa shape index (κ1) is 15.3. The molecule has 0 saturated heterocycles. The molecular formula is C16H21N3O2. The van der Waals surface area contributed by atoms with E-state index in [1.54, 1.807) is 7.11 Å². The fraction of sp³-hybridized carbons (Fsp3) is 0.375. The summed E-state index contributed by atoms with van der Waals surface area (Å²) in [6, 6.07) is 9.72. The standard InChI is InChI=1S/C16H21N3O2/c1-3-18-16(20)12(10-17)9-13-8-7-11-5-4-6-14(21-2)15(11)19-13/h4-8,12H,3,9-10,17H2,1-2H3,(H,18,20). The first-order valence-corrected chi connectivity index (χ1v) is 7.10. The zero-order valence-electron chi connectivity index (χ0n) is 12.4. The number of carbonyl (C=O) groups excluding carboxylic acids is 1. The molecule has 0 aliphatic rings. The number of benzene rings is 1. The number of ether oxygens (including phenoxy) is 1. The SMILES string of the molecule is CCNC(=O)C(CN)Cc1ccc2cccc(OC)c2n1. The van der Waals surface area contributed by atoms with Gasteiger partial charge in [-0.15, -0.1) is 0 Å². The second-order valence-electron chi connectivity index (χ2n) is 4.87. The van der Waals surface area contributed by atoms with Gasteiger partial charge in [0.05, 0.1) is 13.0 Å². The molecule has 0 fully saturated rings. The average molecular weight is 287 g/mol. The third-order valence-electron chi connectivity index (χ3n) is 3.42. The van der Waals surface area contributed by atoms with Gasteiger partial charge in [0, 0.05) is 30.6 Å². The number of nitrogens with two attached hydrogens (primary N) is 1. The highest BCUT2D eigenvalue weighted by Crippen LogP contribution is 2.24. The van der Waals surface area contributed by atoms with Crippen LogP contribution in [-0.4, -0.2) is 31.1 Å². The number of pyridine rings is 1. The van der Waals surface area contributed by atoms with Crippen molar-refractivity contribution in [1.29, 1.82) is 0 Å². The highest BCUT2D eigenvalue weighted by molar-refractivity contribution is 5.84. The predicted octanol–water partition coefficient (Wildman–Crippen LogP) is 1.50. The summed E-state index contributed by atoms with van der Waals surface area (Å²) >= 11 is 0. The molecular weight excluding hydrogens is 266 g/mol. The minimum atomic E-state index is -0.260. The summed E-state index contributed by atoms with van der Waals surface area (Å²) in [7, 11) is 1.63. The summed E-state index contributed by atoms with van der Waals surface area (Å²) in [4.78, 5) is 16.5. The molecule has 21 heavy (non-hydrogen) atoms.